The van der Waals surface area contributed by atoms with Gasteiger partial charge in [0.25, 0.3) is 0 Å². The van der Waals surface area contributed by atoms with Crippen LogP contribution in [-0.4, -0.2) is 52.2 Å². The first kappa shape index (κ1) is 21.1. The fraction of sp³-hybridized carbons (Fsp3) is 0.524. The Morgan fingerprint density at radius 2 is 1.78 bits per heavy atom. The van der Waals surface area contributed by atoms with E-state index in [4.69, 9.17) is 10.2 Å². The topological polar surface area (TPSA) is 89.9 Å². The van der Waals surface area contributed by atoms with Gasteiger partial charge in [-0.25, -0.2) is 9.59 Å². The van der Waals surface area contributed by atoms with E-state index in [0.717, 1.165) is 18.6 Å². The van der Waals surface area contributed by atoms with E-state index in [0.29, 0.717) is 12.2 Å². The summed E-state index contributed by atoms with van der Waals surface area (Å²) in [6.45, 7) is 5.71. The van der Waals surface area contributed by atoms with Crippen molar-refractivity contribution in [3.63, 3.8) is 0 Å². The van der Waals surface area contributed by atoms with Gasteiger partial charge in [-0.15, -0.1) is 0 Å². The van der Waals surface area contributed by atoms with Crippen LogP contribution in [0.2, 0.25) is 0 Å². The molecule has 0 radical (unpaired) electrons. The molecule has 1 aliphatic carbocycles. The molecule has 0 unspecified atom stereocenters. The number of aliphatic carboxylic acids is 2. The third-order valence-corrected chi connectivity index (χ3v) is 5.11. The van der Waals surface area contributed by atoms with Gasteiger partial charge >= 0.3 is 11.9 Å². The van der Waals surface area contributed by atoms with Crippen molar-refractivity contribution in [3.05, 3.63) is 47.5 Å². The Bertz CT molecular complexity index is 615. The van der Waals surface area contributed by atoms with Crippen molar-refractivity contribution in [2.75, 3.05) is 13.1 Å². The van der Waals surface area contributed by atoms with Gasteiger partial charge in [0.05, 0.1) is 0 Å². The number of aryl methyl sites for hydroxylation is 1. The molecule has 1 saturated carbocycles. The fourth-order valence-corrected chi connectivity index (χ4v) is 3.88. The predicted octanol–water partition coefficient (Wildman–Crippen LogP) is 2.81. The van der Waals surface area contributed by atoms with E-state index < -0.39 is 11.9 Å². The maximum Gasteiger partial charge on any atom is 0.328 e. The molecule has 6 nitrogen and oxygen atoms in total. The van der Waals surface area contributed by atoms with Crippen molar-refractivity contribution < 1.29 is 19.8 Å². The predicted molar refractivity (Wildman–Crippen MR) is 105 cm³/mol. The van der Waals surface area contributed by atoms with Crippen LogP contribution in [-0.2, 0) is 16.1 Å². The summed E-state index contributed by atoms with van der Waals surface area (Å²) in [7, 11) is 0. The molecule has 3 rings (SSSR count). The van der Waals surface area contributed by atoms with Crippen LogP contribution >= 0.6 is 0 Å². The molecule has 1 saturated heterocycles. The molecular weight excluding hydrogens is 344 g/mol. The lowest BCUT2D eigenvalue weighted by Crippen LogP contribution is -2.42. The zero-order valence-electron chi connectivity index (χ0n) is 15.9. The molecule has 6 heteroatoms. The Labute approximate surface area is 160 Å². The first-order chi connectivity index (χ1) is 13.0. The fourth-order valence-electron chi connectivity index (χ4n) is 3.88. The zero-order valence-corrected chi connectivity index (χ0v) is 15.9. The molecule has 0 amide bonds. The van der Waals surface area contributed by atoms with E-state index in [2.05, 4.69) is 41.4 Å². The lowest BCUT2D eigenvalue weighted by atomic mass is 10.1. The summed E-state index contributed by atoms with van der Waals surface area (Å²) in [5.74, 6) is -2.51. The van der Waals surface area contributed by atoms with Crippen LogP contribution in [0.1, 0.15) is 43.2 Å². The zero-order chi connectivity index (χ0) is 19.6. The second kappa shape index (κ2) is 10.8. The maximum absolute atomic E-state index is 9.55. The van der Waals surface area contributed by atoms with E-state index >= 15 is 0 Å². The van der Waals surface area contributed by atoms with Crippen molar-refractivity contribution in [3.8, 4) is 0 Å². The summed E-state index contributed by atoms with van der Waals surface area (Å²) in [6, 6.07) is 10.6. The number of nitrogens with zero attached hydrogens (tertiary/aromatic N) is 1. The van der Waals surface area contributed by atoms with Crippen LogP contribution in [0.15, 0.2) is 36.4 Å². The molecule has 2 fully saturated rings. The number of hydrogen-bond acceptors (Lipinski definition) is 4. The third kappa shape index (κ3) is 7.53. The van der Waals surface area contributed by atoms with Gasteiger partial charge in [0.1, 0.15) is 0 Å². The second-order valence-corrected chi connectivity index (χ2v) is 7.26. The van der Waals surface area contributed by atoms with Crippen LogP contribution in [0.25, 0.3) is 0 Å². The van der Waals surface area contributed by atoms with Crippen LogP contribution in [0.5, 0.6) is 0 Å². The average Bonchev–Trinajstić information content (AvgIpc) is 3.32. The molecule has 1 aromatic carbocycles. The normalized spacial score (nSPS) is 20.0. The highest BCUT2D eigenvalue weighted by Crippen LogP contribution is 2.28. The summed E-state index contributed by atoms with van der Waals surface area (Å²) in [6.07, 6.45) is 8.10. The first-order valence-electron chi connectivity index (χ1n) is 9.61. The number of carbonyl (C=O) groups is 2. The van der Waals surface area contributed by atoms with Gasteiger partial charge in [0.15, 0.2) is 0 Å². The molecule has 1 heterocycles. The summed E-state index contributed by atoms with van der Waals surface area (Å²) >= 11 is 0. The summed E-state index contributed by atoms with van der Waals surface area (Å²) in [5, 5.41) is 19.2. The van der Waals surface area contributed by atoms with E-state index in [1.54, 1.807) is 0 Å². The molecule has 0 spiro atoms. The maximum atomic E-state index is 9.55. The Hall–Kier alpha value is -2.18. The Kier molecular flexibility index (Phi) is 8.48. The molecule has 1 aromatic rings. The summed E-state index contributed by atoms with van der Waals surface area (Å²) in [5.41, 5.74) is 2.87. The van der Waals surface area contributed by atoms with Crippen molar-refractivity contribution >= 4 is 11.9 Å². The van der Waals surface area contributed by atoms with Gasteiger partial charge in [-0.05, 0) is 38.3 Å². The number of benzene rings is 1. The second-order valence-electron chi connectivity index (χ2n) is 7.26. The number of carboxylic acid groups (broad SMARTS) is 2. The minimum Gasteiger partial charge on any atom is -0.478 e. The number of rotatable bonds is 6. The molecule has 2 aliphatic rings. The van der Waals surface area contributed by atoms with E-state index in [-0.39, 0.29) is 0 Å². The molecule has 1 atom stereocenters. The number of hydrogen-bond donors (Lipinski definition) is 3. The Balaban J connectivity index is 0.000000279. The van der Waals surface area contributed by atoms with Crippen LogP contribution in [0.4, 0.5) is 0 Å². The third-order valence-electron chi connectivity index (χ3n) is 5.11. The highest BCUT2D eigenvalue weighted by molar-refractivity contribution is 5.89. The lowest BCUT2D eigenvalue weighted by Gasteiger charge is -2.34. The smallest absolute Gasteiger partial charge is 0.328 e. The minimum atomic E-state index is -1.26. The molecule has 148 valence electrons. The van der Waals surface area contributed by atoms with Crippen LogP contribution < -0.4 is 5.32 Å². The van der Waals surface area contributed by atoms with E-state index in [9.17, 15) is 9.59 Å². The molecule has 27 heavy (non-hydrogen) atoms. The quantitative estimate of drug-likeness (QED) is 0.664. The average molecular weight is 374 g/mol. The lowest BCUT2D eigenvalue weighted by molar-refractivity contribution is -0.134. The Morgan fingerprint density at radius 3 is 2.30 bits per heavy atom. The van der Waals surface area contributed by atoms with Crippen molar-refractivity contribution in [2.24, 2.45) is 0 Å². The van der Waals surface area contributed by atoms with Crippen molar-refractivity contribution in [2.45, 2.75) is 57.7 Å². The molecule has 0 aromatic heterocycles. The molecule has 0 bridgehead atoms. The molecule has 1 aliphatic heterocycles. The van der Waals surface area contributed by atoms with E-state index in [1.165, 1.54) is 56.3 Å². The van der Waals surface area contributed by atoms with Crippen molar-refractivity contribution in [1.82, 2.24) is 10.2 Å². The number of nitrogens with one attached hydrogen (secondary N) is 1. The van der Waals surface area contributed by atoms with Crippen LogP contribution in [0, 0.1) is 6.92 Å². The van der Waals surface area contributed by atoms with Gasteiger partial charge < -0.3 is 15.5 Å². The molecule has 3 N–H and O–H groups in total. The van der Waals surface area contributed by atoms with Gasteiger partial charge in [-0.1, -0.05) is 42.7 Å². The highest BCUT2D eigenvalue weighted by atomic mass is 16.4. The molecular formula is C21H30N2O4. The van der Waals surface area contributed by atoms with Gasteiger partial charge in [-0.3, -0.25) is 4.90 Å². The first-order valence-corrected chi connectivity index (χ1v) is 9.61. The van der Waals surface area contributed by atoms with Gasteiger partial charge in [0.2, 0.25) is 0 Å². The summed E-state index contributed by atoms with van der Waals surface area (Å²) < 4.78 is 0. The van der Waals surface area contributed by atoms with Crippen molar-refractivity contribution in [1.29, 1.82) is 0 Å². The largest absolute Gasteiger partial charge is 0.478 e. The van der Waals surface area contributed by atoms with E-state index in [1.807, 2.05) is 0 Å². The van der Waals surface area contributed by atoms with Gasteiger partial charge in [-0.2, -0.15) is 0 Å². The van der Waals surface area contributed by atoms with Crippen LogP contribution in [0.3, 0.4) is 0 Å². The minimum absolute atomic E-state index is 0.558. The highest BCUT2D eigenvalue weighted by Gasteiger charge is 2.30. The standard InChI is InChI=1S/C17H26N2.C4H4O4/c1-14-5-4-6-15(11-14)13-19(16-7-2-3-8-16)17-9-10-18-12-17;5-3(6)1-2-4(7)8/h4-6,11,16-18H,2-3,7-10,12-13H2,1H3;1-2H,(H,5,6)(H,7,8)/t17-;/m0./s1. The van der Waals surface area contributed by atoms with Gasteiger partial charge in [0, 0.05) is 37.3 Å². The summed E-state index contributed by atoms with van der Waals surface area (Å²) in [4.78, 5) is 21.9. The Morgan fingerprint density at radius 1 is 1.11 bits per heavy atom. The number of carboxylic acids is 2. The monoisotopic (exact) mass is 374 g/mol. The SMILES string of the molecule is Cc1cccc(CN(C2CCCC2)[C@H]2CCNC2)c1.O=C(O)C=CC(=O)O.